The molecule has 1 N–H and O–H groups in total. The molecule has 1 amide bonds. The van der Waals surface area contributed by atoms with Gasteiger partial charge in [0.05, 0.1) is 20.2 Å². The molecule has 0 saturated carbocycles. The van der Waals surface area contributed by atoms with Crippen LogP contribution in [0.15, 0.2) is 84.9 Å². The number of nitrogens with zero attached hydrogens (tertiary/aromatic N) is 1. The van der Waals surface area contributed by atoms with Crippen LogP contribution in [-0.2, 0) is 17.8 Å². The van der Waals surface area contributed by atoms with Gasteiger partial charge < -0.3 is 15.0 Å². The van der Waals surface area contributed by atoms with Crippen LogP contribution in [0.3, 0.4) is 0 Å². The predicted octanol–water partition coefficient (Wildman–Crippen LogP) is 4.06. The van der Waals surface area contributed by atoms with E-state index in [2.05, 4.69) is 5.32 Å². The lowest BCUT2D eigenvalue weighted by atomic mass is 10.1. The highest BCUT2D eigenvalue weighted by Gasteiger charge is 2.15. The minimum Gasteiger partial charge on any atom is -0.496 e. The van der Waals surface area contributed by atoms with Crippen LogP contribution in [0.5, 0.6) is 5.75 Å². The number of carbonyl (C=O) groups excluding carboxylic acids is 1. The van der Waals surface area contributed by atoms with E-state index >= 15 is 0 Å². The van der Waals surface area contributed by atoms with Crippen molar-refractivity contribution >= 4 is 11.6 Å². The number of rotatable bonds is 9. The second-order valence-electron chi connectivity index (χ2n) is 6.54. The first-order valence-corrected chi connectivity index (χ1v) is 9.50. The predicted molar refractivity (Wildman–Crippen MR) is 114 cm³/mol. The molecule has 0 heterocycles. The zero-order chi connectivity index (χ0) is 19.6. The number of anilines is 1. The maximum atomic E-state index is 12.9. The highest BCUT2D eigenvalue weighted by molar-refractivity contribution is 5.94. The highest BCUT2D eigenvalue weighted by atomic mass is 16.5. The van der Waals surface area contributed by atoms with E-state index in [9.17, 15) is 4.79 Å². The number of benzene rings is 3. The molecule has 3 rings (SSSR count). The van der Waals surface area contributed by atoms with Gasteiger partial charge in [-0.2, -0.15) is 0 Å². The lowest BCUT2D eigenvalue weighted by Gasteiger charge is -2.23. The smallest absolute Gasteiger partial charge is 0.241 e. The number of hydrogen-bond donors (Lipinski definition) is 1. The number of para-hydroxylation sites is 2. The van der Waals surface area contributed by atoms with Gasteiger partial charge in [0, 0.05) is 5.69 Å². The summed E-state index contributed by atoms with van der Waals surface area (Å²) in [6.45, 7) is 1.55. The van der Waals surface area contributed by atoms with Gasteiger partial charge in [-0.05, 0) is 42.3 Å². The van der Waals surface area contributed by atoms with E-state index < -0.39 is 0 Å². The normalized spacial score (nSPS) is 10.5. The molecule has 0 aliphatic rings. The maximum Gasteiger partial charge on any atom is 0.241 e. The van der Waals surface area contributed by atoms with E-state index in [1.54, 1.807) is 7.11 Å². The summed E-state index contributed by atoms with van der Waals surface area (Å²) in [6.07, 6.45) is 0.807. The Bertz CT molecular complexity index is 866. The third-order valence-electron chi connectivity index (χ3n) is 4.59. The average molecular weight is 374 g/mol. The van der Waals surface area contributed by atoms with Gasteiger partial charge >= 0.3 is 0 Å². The molecule has 0 aromatic heterocycles. The Balaban J connectivity index is 1.60. The summed E-state index contributed by atoms with van der Waals surface area (Å²) in [7, 11) is 1.68. The van der Waals surface area contributed by atoms with Crippen molar-refractivity contribution in [2.45, 2.75) is 13.0 Å². The number of carbonyl (C=O) groups is 1. The summed E-state index contributed by atoms with van der Waals surface area (Å²) in [5.74, 6) is 0.931. The molecule has 0 saturated heterocycles. The SMILES string of the molecule is COc1ccccc1CCNCC(=O)N(Cc1ccccc1)c1ccccc1. The zero-order valence-corrected chi connectivity index (χ0v) is 16.2. The molecule has 0 radical (unpaired) electrons. The molecular weight excluding hydrogens is 348 g/mol. The Kier molecular flexibility index (Phi) is 7.21. The second kappa shape index (κ2) is 10.3. The Labute approximate surface area is 166 Å². The van der Waals surface area contributed by atoms with Crippen LogP contribution in [0.1, 0.15) is 11.1 Å². The molecule has 0 spiro atoms. The monoisotopic (exact) mass is 374 g/mol. The summed E-state index contributed by atoms with van der Waals surface area (Å²) in [5.41, 5.74) is 3.14. The Hall–Kier alpha value is -3.11. The summed E-state index contributed by atoms with van der Waals surface area (Å²) in [6, 6.07) is 27.8. The van der Waals surface area contributed by atoms with Gasteiger partial charge in [-0.1, -0.05) is 66.7 Å². The molecule has 0 fully saturated rings. The zero-order valence-electron chi connectivity index (χ0n) is 16.2. The van der Waals surface area contributed by atoms with Gasteiger partial charge in [0.2, 0.25) is 5.91 Å². The summed E-state index contributed by atoms with van der Waals surface area (Å²) in [4.78, 5) is 14.7. The molecule has 0 atom stereocenters. The van der Waals surface area contributed by atoms with Gasteiger partial charge in [0.1, 0.15) is 5.75 Å². The van der Waals surface area contributed by atoms with Crippen molar-refractivity contribution in [3.8, 4) is 5.75 Å². The van der Waals surface area contributed by atoms with E-state index in [4.69, 9.17) is 4.74 Å². The Morgan fingerprint density at radius 2 is 1.54 bits per heavy atom. The number of nitrogens with one attached hydrogen (secondary N) is 1. The highest BCUT2D eigenvalue weighted by Crippen LogP contribution is 2.18. The van der Waals surface area contributed by atoms with E-state index in [0.29, 0.717) is 13.1 Å². The molecule has 28 heavy (non-hydrogen) atoms. The van der Waals surface area contributed by atoms with Crippen LogP contribution in [-0.4, -0.2) is 26.1 Å². The van der Waals surface area contributed by atoms with E-state index in [1.807, 2.05) is 89.8 Å². The molecule has 3 aromatic carbocycles. The van der Waals surface area contributed by atoms with Crippen LogP contribution < -0.4 is 15.0 Å². The van der Waals surface area contributed by atoms with Crippen LogP contribution in [0, 0.1) is 0 Å². The number of hydrogen-bond acceptors (Lipinski definition) is 3. The van der Waals surface area contributed by atoms with Gasteiger partial charge in [-0.3, -0.25) is 4.79 Å². The Morgan fingerprint density at radius 1 is 0.893 bits per heavy atom. The summed E-state index contributed by atoms with van der Waals surface area (Å²) < 4.78 is 5.38. The molecule has 0 bridgehead atoms. The van der Waals surface area contributed by atoms with Crippen LogP contribution in [0.2, 0.25) is 0 Å². The van der Waals surface area contributed by atoms with Gasteiger partial charge in [0.25, 0.3) is 0 Å². The topological polar surface area (TPSA) is 41.6 Å². The van der Waals surface area contributed by atoms with Gasteiger partial charge in [-0.25, -0.2) is 0 Å². The first-order chi connectivity index (χ1) is 13.8. The van der Waals surface area contributed by atoms with Crippen molar-refractivity contribution in [1.29, 1.82) is 0 Å². The molecular formula is C24H26N2O2. The molecule has 3 aromatic rings. The average Bonchev–Trinajstić information content (AvgIpc) is 2.76. The van der Waals surface area contributed by atoms with Crippen LogP contribution in [0.25, 0.3) is 0 Å². The first kappa shape index (κ1) is 19.6. The first-order valence-electron chi connectivity index (χ1n) is 9.50. The third-order valence-corrected chi connectivity index (χ3v) is 4.59. The lowest BCUT2D eigenvalue weighted by Crippen LogP contribution is -2.38. The van der Waals surface area contributed by atoms with Crippen molar-refractivity contribution in [2.24, 2.45) is 0 Å². The molecule has 0 aliphatic heterocycles. The quantitative estimate of drug-likeness (QED) is 0.574. The fraction of sp³-hybridized carbons (Fsp3) is 0.208. The van der Waals surface area contributed by atoms with Crippen LogP contribution in [0.4, 0.5) is 5.69 Å². The van der Waals surface area contributed by atoms with Crippen molar-refractivity contribution in [3.63, 3.8) is 0 Å². The van der Waals surface area contributed by atoms with Gasteiger partial charge in [0.15, 0.2) is 0 Å². The fourth-order valence-corrected chi connectivity index (χ4v) is 3.12. The van der Waals surface area contributed by atoms with Gasteiger partial charge in [-0.15, -0.1) is 0 Å². The van der Waals surface area contributed by atoms with Crippen molar-refractivity contribution in [3.05, 3.63) is 96.1 Å². The fourth-order valence-electron chi connectivity index (χ4n) is 3.12. The van der Waals surface area contributed by atoms with Crippen molar-refractivity contribution < 1.29 is 9.53 Å². The number of methoxy groups -OCH3 is 1. The summed E-state index contributed by atoms with van der Waals surface area (Å²) >= 11 is 0. The molecule has 4 heteroatoms. The van der Waals surface area contributed by atoms with E-state index in [0.717, 1.165) is 29.0 Å². The lowest BCUT2D eigenvalue weighted by molar-refractivity contribution is -0.117. The molecule has 144 valence electrons. The molecule has 0 aliphatic carbocycles. The van der Waals surface area contributed by atoms with E-state index in [1.165, 1.54) is 0 Å². The second-order valence-corrected chi connectivity index (χ2v) is 6.54. The minimum atomic E-state index is 0.0510. The van der Waals surface area contributed by atoms with E-state index in [-0.39, 0.29) is 12.5 Å². The summed E-state index contributed by atoms with van der Waals surface area (Å²) in [5, 5.41) is 3.27. The Morgan fingerprint density at radius 3 is 2.25 bits per heavy atom. The van der Waals surface area contributed by atoms with Crippen LogP contribution >= 0.6 is 0 Å². The maximum absolute atomic E-state index is 12.9. The van der Waals surface area contributed by atoms with Crippen molar-refractivity contribution in [1.82, 2.24) is 5.32 Å². The third kappa shape index (κ3) is 5.44. The van der Waals surface area contributed by atoms with Crippen molar-refractivity contribution in [2.75, 3.05) is 25.1 Å². The standard InChI is InChI=1S/C24H26N2O2/c1-28-23-15-9-8-12-21(23)16-17-25-18-24(27)26(22-13-6-3-7-14-22)19-20-10-4-2-5-11-20/h2-15,25H,16-19H2,1H3. The number of amides is 1. The largest absolute Gasteiger partial charge is 0.496 e. The molecule has 4 nitrogen and oxygen atoms in total. The minimum absolute atomic E-state index is 0.0510. The number of ether oxygens (including phenoxy) is 1. The molecule has 0 unspecified atom stereocenters.